The van der Waals surface area contributed by atoms with Gasteiger partial charge in [0.1, 0.15) is 0 Å². The molecule has 254 valence electrons. The monoisotopic (exact) mass is 626 g/mol. The number of hydrogen-bond donors (Lipinski definition) is 10. The van der Waals surface area contributed by atoms with Gasteiger partial charge in [-0.3, -0.25) is 19.2 Å². The second kappa shape index (κ2) is 19.9. The third kappa shape index (κ3) is 15.6. The molecule has 0 unspecified atom stereocenters. The molecule has 3 fully saturated rings. The van der Waals surface area contributed by atoms with Gasteiger partial charge in [0.15, 0.2) is 0 Å². The van der Waals surface area contributed by atoms with E-state index in [0.29, 0.717) is 91.4 Å². The number of rotatable bonds is 10. The first-order valence-corrected chi connectivity index (χ1v) is 16.2. The topological polar surface area (TPSA) is 205 Å². The average Bonchev–Trinajstić information content (AvgIpc) is 2.91. The lowest BCUT2D eigenvalue weighted by Crippen LogP contribution is -2.67. The summed E-state index contributed by atoms with van der Waals surface area (Å²) in [5.41, 5.74) is -1.22. The van der Waals surface area contributed by atoms with Crippen molar-refractivity contribution in [1.82, 2.24) is 42.5 Å². The highest BCUT2D eigenvalue weighted by Gasteiger charge is 2.34. The molecule has 3 heterocycles. The zero-order valence-electron chi connectivity index (χ0n) is 27.0. The molecule has 2 amide bonds. The number of aliphatic carboxylic acids is 2. The SMILES string of the molecule is CC1CNCC2(NC(=O)CCCC(=O)O)CNCC(C)CNCC(NC(=O)CCCC(=O)O)(CNC1)CNCC(C)CNC2. The summed E-state index contributed by atoms with van der Waals surface area (Å²) in [6.07, 6.45) is 0.836. The molecule has 2 bridgehead atoms. The van der Waals surface area contributed by atoms with Gasteiger partial charge in [0.05, 0.1) is 11.1 Å². The van der Waals surface area contributed by atoms with Crippen LogP contribution >= 0.6 is 0 Å². The largest absolute Gasteiger partial charge is 0.481 e. The van der Waals surface area contributed by atoms with Crippen molar-refractivity contribution in [2.45, 2.75) is 70.4 Å². The second-order valence-electron chi connectivity index (χ2n) is 13.3. The average molecular weight is 627 g/mol. The summed E-state index contributed by atoms with van der Waals surface area (Å²) in [4.78, 5) is 48.0. The molecular formula is C30H58N8O6. The van der Waals surface area contributed by atoms with Gasteiger partial charge in [-0.05, 0) is 69.9 Å². The number of fused-ring (bicyclic) bond motifs is 18. The summed E-state index contributed by atoms with van der Waals surface area (Å²) in [5, 5.41) is 46.0. The Morgan fingerprint density at radius 2 is 0.773 bits per heavy atom. The summed E-state index contributed by atoms with van der Waals surface area (Å²) in [6.45, 7) is 13.9. The summed E-state index contributed by atoms with van der Waals surface area (Å²) in [7, 11) is 0. The predicted octanol–water partition coefficient (Wildman–Crippen LogP) is -1.32. The molecule has 0 aliphatic carbocycles. The molecule has 14 nitrogen and oxygen atoms in total. The maximum absolute atomic E-state index is 13.0. The van der Waals surface area contributed by atoms with Crippen LogP contribution in [0.25, 0.3) is 0 Å². The molecule has 0 radical (unpaired) electrons. The van der Waals surface area contributed by atoms with Gasteiger partial charge < -0.3 is 52.7 Å². The Morgan fingerprint density at radius 1 is 0.523 bits per heavy atom. The van der Waals surface area contributed by atoms with E-state index in [1.54, 1.807) is 0 Å². The molecule has 3 aliphatic heterocycles. The number of carbonyl (C=O) groups excluding carboxylic acids is 2. The lowest BCUT2D eigenvalue weighted by molar-refractivity contribution is -0.138. The summed E-state index contributed by atoms with van der Waals surface area (Å²) in [6, 6.07) is 0. The van der Waals surface area contributed by atoms with E-state index in [4.69, 9.17) is 10.2 Å². The smallest absolute Gasteiger partial charge is 0.303 e. The fourth-order valence-electron chi connectivity index (χ4n) is 5.72. The Balaban J connectivity index is 2.27. The van der Waals surface area contributed by atoms with Gasteiger partial charge in [0.2, 0.25) is 11.8 Å². The Bertz CT molecular complexity index is 781. The van der Waals surface area contributed by atoms with Crippen molar-refractivity contribution in [3.8, 4) is 0 Å². The first-order chi connectivity index (χ1) is 20.9. The van der Waals surface area contributed by atoms with Crippen LogP contribution in [0.4, 0.5) is 0 Å². The molecule has 0 spiro atoms. The number of carboxylic acids is 2. The fraction of sp³-hybridized carbons (Fsp3) is 0.867. The van der Waals surface area contributed by atoms with Crippen molar-refractivity contribution in [3.05, 3.63) is 0 Å². The number of carbonyl (C=O) groups is 4. The molecule has 0 atom stereocenters. The van der Waals surface area contributed by atoms with Crippen molar-refractivity contribution >= 4 is 23.8 Å². The Kier molecular flexibility index (Phi) is 17.1. The van der Waals surface area contributed by atoms with Gasteiger partial charge in [-0.15, -0.1) is 0 Å². The Hall–Kier alpha value is -2.36. The number of amides is 2. The molecular weight excluding hydrogens is 568 g/mol. The van der Waals surface area contributed by atoms with Crippen LogP contribution in [0.2, 0.25) is 0 Å². The van der Waals surface area contributed by atoms with Crippen LogP contribution in [-0.4, -0.2) is 124 Å². The molecule has 0 saturated carbocycles. The van der Waals surface area contributed by atoms with E-state index in [1.807, 2.05) is 0 Å². The Morgan fingerprint density at radius 3 is 1.00 bits per heavy atom. The minimum Gasteiger partial charge on any atom is -0.481 e. The summed E-state index contributed by atoms with van der Waals surface area (Å²) < 4.78 is 0. The van der Waals surface area contributed by atoms with E-state index in [-0.39, 0.29) is 55.3 Å². The first-order valence-electron chi connectivity index (χ1n) is 16.2. The van der Waals surface area contributed by atoms with Crippen molar-refractivity contribution in [2.24, 2.45) is 17.8 Å². The molecule has 3 rings (SSSR count). The van der Waals surface area contributed by atoms with E-state index in [2.05, 4.69) is 63.3 Å². The van der Waals surface area contributed by atoms with Gasteiger partial charge in [-0.1, -0.05) is 20.8 Å². The lowest BCUT2D eigenvalue weighted by Gasteiger charge is -2.39. The molecule has 10 N–H and O–H groups in total. The Labute approximate surface area is 262 Å². The quantitative estimate of drug-likeness (QED) is 0.137. The van der Waals surface area contributed by atoms with E-state index in [1.165, 1.54) is 0 Å². The van der Waals surface area contributed by atoms with Crippen LogP contribution in [0.3, 0.4) is 0 Å². The van der Waals surface area contributed by atoms with Gasteiger partial charge >= 0.3 is 11.9 Å². The molecule has 0 aromatic heterocycles. The number of carboxylic acid groups (broad SMARTS) is 2. The van der Waals surface area contributed by atoms with Crippen molar-refractivity contribution in [3.63, 3.8) is 0 Å². The fourth-order valence-corrected chi connectivity index (χ4v) is 5.72. The zero-order valence-corrected chi connectivity index (χ0v) is 27.0. The minimum absolute atomic E-state index is 0.0373. The van der Waals surface area contributed by atoms with Gasteiger partial charge in [0, 0.05) is 65.0 Å². The second-order valence-corrected chi connectivity index (χ2v) is 13.3. The maximum atomic E-state index is 13.0. The summed E-state index contributed by atoms with van der Waals surface area (Å²) in [5.74, 6) is -1.35. The first kappa shape index (κ1) is 37.8. The molecule has 0 aromatic rings. The molecule has 0 aromatic carbocycles. The zero-order chi connectivity index (χ0) is 32.4. The van der Waals surface area contributed by atoms with Crippen LogP contribution in [-0.2, 0) is 19.2 Å². The highest BCUT2D eigenvalue weighted by molar-refractivity contribution is 5.78. The van der Waals surface area contributed by atoms with E-state index < -0.39 is 23.0 Å². The minimum atomic E-state index is -0.904. The van der Waals surface area contributed by atoms with Gasteiger partial charge in [-0.25, -0.2) is 0 Å². The highest BCUT2D eigenvalue weighted by Crippen LogP contribution is 2.10. The van der Waals surface area contributed by atoms with E-state index in [0.717, 1.165) is 0 Å². The lowest BCUT2D eigenvalue weighted by atomic mass is 9.95. The van der Waals surface area contributed by atoms with E-state index >= 15 is 0 Å². The summed E-state index contributed by atoms with van der Waals surface area (Å²) >= 11 is 0. The van der Waals surface area contributed by atoms with E-state index in [9.17, 15) is 19.2 Å². The molecule has 3 saturated heterocycles. The molecule has 14 heteroatoms. The van der Waals surface area contributed by atoms with Crippen LogP contribution < -0.4 is 42.5 Å². The number of nitrogens with one attached hydrogen (secondary N) is 8. The van der Waals surface area contributed by atoms with Crippen LogP contribution in [0, 0.1) is 17.8 Å². The van der Waals surface area contributed by atoms with Crippen molar-refractivity contribution in [1.29, 1.82) is 0 Å². The van der Waals surface area contributed by atoms with Crippen molar-refractivity contribution in [2.75, 3.05) is 78.5 Å². The highest BCUT2D eigenvalue weighted by atomic mass is 16.4. The molecule has 3 aliphatic rings. The normalized spacial score (nSPS) is 30.0. The van der Waals surface area contributed by atoms with Gasteiger partial charge in [-0.2, -0.15) is 0 Å². The standard InChI is InChI=1S/C30H58N8O6/c1-22-10-31-16-29(37-25(39)6-4-8-27(41)42)18-33-12-23(2)13-34-19-30(17-32-11-22,21-36-15-24(3)14-35-20-29)38-26(40)7-5-9-28(43)44/h22-24,31-36H,4-21H2,1-3H3,(H,37,39)(H,38,40)(H,41,42)(H,43,44). The van der Waals surface area contributed by atoms with Crippen LogP contribution in [0.5, 0.6) is 0 Å². The van der Waals surface area contributed by atoms with Crippen LogP contribution in [0.1, 0.15) is 59.3 Å². The third-order valence-corrected chi connectivity index (χ3v) is 8.14. The third-order valence-electron chi connectivity index (χ3n) is 8.14. The van der Waals surface area contributed by atoms with Crippen molar-refractivity contribution < 1.29 is 29.4 Å². The van der Waals surface area contributed by atoms with Gasteiger partial charge in [0.25, 0.3) is 0 Å². The number of hydrogen-bond acceptors (Lipinski definition) is 10. The predicted molar refractivity (Wildman–Crippen MR) is 169 cm³/mol. The maximum Gasteiger partial charge on any atom is 0.303 e. The van der Waals surface area contributed by atoms with Crippen LogP contribution in [0.15, 0.2) is 0 Å². The molecule has 44 heavy (non-hydrogen) atoms.